The lowest BCUT2D eigenvalue weighted by molar-refractivity contribution is -0.887. The number of carboxylic acid groups (broad SMARTS) is 1. The molecule has 0 aromatic carbocycles. The number of nitrogens with zero attached hydrogens (tertiary/aromatic N) is 1. The van der Waals surface area contributed by atoms with Crippen LogP contribution in [0.3, 0.4) is 0 Å². The predicted molar refractivity (Wildman–Crippen MR) is 210 cm³/mol. The van der Waals surface area contributed by atoms with Gasteiger partial charge in [-0.15, -0.1) is 0 Å². The van der Waals surface area contributed by atoms with Crippen molar-refractivity contribution in [3.8, 4) is 0 Å². The topological polar surface area (TPSA) is 99.1 Å². The van der Waals surface area contributed by atoms with Gasteiger partial charge in [0.2, 0.25) is 0 Å². The number of likely N-dealkylation sites (N-methyl/N-ethyl adjacent to an activating group) is 1. The number of carbonyl (C=O) groups is 3. The molecule has 0 aliphatic heterocycles. The Balaban J connectivity index is 4.50. The SMILES string of the molecule is CC/C=C/C=C/C=C/CCCCCCCCCC(=O)OC(COCCC(C(=O)O)[N+](C)(C)C)COC(=O)CCCC/C=C/C/C=C/C/C=C/CC. The Morgan fingerprint density at radius 1 is 0.608 bits per heavy atom. The minimum absolute atomic E-state index is 0.0397. The number of ether oxygens (including phenoxy) is 3. The Hall–Kier alpha value is -3.23. The number of hydrogen-bond acceptors (Lipinski definition) is 6. The molecule has 290 valence electrons. The van der Waals surface area contributed by atoms with Gasteiger partial charge in [-0.2, -0.15) is 0 Å². The van der Waals surface area contributed by atoms with Gasteiger partial charge in [-0.3, -0.25) is 9.59 Å². The van der Waals surface area contributed by atoms with Crippen molar-refractivity contribution in [3.63, 3.8) is 0 Å². The fraction of sp³-hybridized carbons (Fsp3) is 0.651. The lowest BCUT2D eigenvalue weighted by Gasteiger charge is -2.31. The lowest BCUT2D eigenvalue weighted by atomic mass is 10.1. The highest BCUT2D eigenvalue weighted by Gasteiger charge is 2.31. The standard InChI is InChI=1S/C43H71NO7/c1-6-8-10-12-14-16-18-20-21-22-24-26-28-30-32-34-42(46)51-39(37-49-36-35-40(43(47)48)44(3,4)5)38-50-41(45)33-31-29-27-25-23-19-17-15-13-11-9-7-2/h8-12,14-18,23,25,39-40H,6-7,13,19-22,24,26-38H2,1-5H3/p+1/b10-8+,11-9+,14-12+,17-15+,18-16+,25-23+. The molecule has 0 aromatic rings. The molecule has 2 atom stereocenters. The molecule has 0 aliphatic carbocycles. The van der Waals surface area contributed by atoms with Crippen molar-refractivity contribution in [2.75, 3.05) is 41.0 Å². The zero-order valence-electron chi connectivity index (χ0n) is 32.8. The van der Waals surface area contributed by atoms with Crippen LogP contribution in [0, 0.1) is 0 Å². The van der Waals surface area contributed by atoms with Crippen LogP contribution in [0.4, 0.5) is 0 Å². The van der Waals surface area contributed by atoms with Gasteiger partial charge in [0.1, 0.15) is 6.61 Å². The first-order valence-corrected chi connectivity index (χ1v) is 19.5. The molecule has 0 heterocycles. The molecule has 1 N–H and O–H groups in total. The Morgan fingerprint density at radius 3 is 1.78 bits per heavy atom. The minimum atomic E-state index is -0.887. The monoisotopic (exact) mass is 715 g/mol. The minimum Gasteiger partial charge on any atom is -0.477 e. The zero-order chi connectivity index (χ0) is 37.8. The van der Waals surface area contributed by atoms with E-state index in [0.717, 1.165) is 77.0 Å². The summed E-state index contributed by atoms with van der Waals surface area (Å²) in [6.07, 6.45) is 40.9. The lowest BCUT2D eigenvalue weighted by Crippen LogP contribution is -2.50. The molecule has 0 radical (unpaired) electrons. The van der Waals surface area contributed by atoms with E-state index in [4.69, 9.17) is 14.2 Å². The molecular weight excluding hydrogens is 642 g/mol. The van der Waals surface area contributed by atoms with E-state index in [-0.39, 0.29) is 36.2 Å². The predicted octanol–water partition coefficient (Wildman–Crippen LogP) is 10.0. The molecule has 0 saturated carbocycles. The van der Waals surface area contributed by atoms with Gasteiger partial charge in [-0.1, -0.05) is 119 Å². The second-order valence-corrected chi connectivity index (χ2v) is 13.8. The van der Waals surface area contributed by atoms with Gasteiger partial charge in [0.25, 0.3) is 0 Å². The maximum absolute atomic E-state index is 12.7. The number of aliphatic carboxylic acids is 1. The van der Waals surface area contributed by atoms with Crippen LogP contribution in [0.1, 0.15) is 129 Å². The number of hydrogen-bond donors (Lipinski definition) is 1. The fourth-order valence-electron chi connectivity index (χ4n) is 5.16. The Bertz CT molecular complexity index is 1060. The van der Waals surface area contributed by atoms with E-state index in [1.165, 1.54) is 19.3 Å². The van der Waals surface area contributed by atoms with Crippen LogP contribution in [-0.4, -0.2) is 80.6 Å². The van der Waals surface area contributed by atoms with Gasteiger partial charge < -0.3 is 23.8 Å². The van der Waals surface area contributed by atoms with Crippen molar-refractivity contribution in [1.29, 1.82) is 0 Å². The highest BCUT2D eigenvalue weighted by molar-refractivity contribution is 5.72. The largest absolute Gasteiger partial charge is 0.477 e. The van der Waals surface area contributed by atoms with E-state index < -0.39 is 18.1 Å². The number of esters is 2. The Kier molecular flexibility index (Phi) is 31.7. The van der Waals surface area contributed by atoms with Crippen molar-refractivity contribution >= 4 is 17.9 Å². The van der Waals surface area contributed by atoms with Crippen molar-refractivity contribution in [3.05, 3.63) is 72.9 Å². The van der Waals surface area contributed by atoms with Gasteiger partial charge >= 0.3 is 17.9 Å². The summed E-state index contributed by atoms with van der Waals surface area (Å²) in [7, 11) is 5.49. The average molecular weight is 715 g/mol. The summed E-state index contributed by atoms with van der Waals surface area (Å²) in [6, 6.07) is -0.625. The van der Waals surface area contributed by atoms with Gasteiger partial charge in [-0.05, 0) is 64.2 Å². The van der Waals surface area contributed by atoms with Crippen molar-refractivity contribution in [2.45, 2.75) is 142 Å². The van der Waals surface area contributed by atoms with Gasteiger partial charge in [0, 0.05) is 19.3 Å². The van der Waals surface area contributed by atoms with E-state index >= 15 is 0 Å². The molecule has 8 heteroatoms. The molecule has 0 fully saturated rings. The van der Waals surface area contributed by atoms with Crippen LogP contribution in [-0.2, 0) is 28.6 Å². The fourth-order valence-corrected chi connectivity index (χ4v) is 5.16. The van der Waals surface area contributed by atoms with Gasteiger partial charge in [0.05, 0.1) is 34.4 Å². The molecule has 51 heavy (non-hydrogen) atoms. The molecular formula is C43H72NO7+. The van der Waals surface area contributed by atoms with Crippen molar-refractivity contribution < 1.29 is 38.2 Å². The van der Waals surface area contributed by atoms with E-state index in [0.29, 0.717) is 19.3 Å². The first kappa shape index (κ1) is 47.8. The molecule has 0 aliphatic rings. The summed E-state index contributed by atoms with van der Waals surface area (Å²) < 4.78 is 17.1. The van der Waals surface area contributed by atoms with E-state index in [1.807, 2.05) is 21.1 Å². The average Bonchev–Trinajstić information content (AvgIpc) is 3.08. The third-order valence-electron chi connectivity index (χ3n) is 8.16. The van der Waals surface area contributed by atoms with Crippen LogP contribution >= 0.6 is 0 Å². The van der Waals surface area contributed by atoms with Crippen molar-refractivity contribution in [2.24, 2.45) is 0 Å². The molecule has 0 saturated heterocycles. The Morgan fingerprint density at radius 2 is 1.14 bits per heavy atom. The third-order valence-corrected chi connectivity index (χ3v) is 8.16. The molecule has 0 rings (SSSR count). The smallest absolute Gasteiger partial charge is 0.362 e. The molecule has 0 bridgehead atoms. The molecule has 8 nitrogen and oxygen atoms in total. The number of rotatable bonds is 33. The van der Waals surface area contributed by atoms with E-state index in [9.17, 15) is 19.5 Å². The summed E-state index contributed by atoms with van der Waals surface area (Å²) in [4.78, 5) is 36.8. The second-order valence-electron chi connectivity index (χ2n) is 13.8. The first-order valence-electron chi connectivity index (χ1n) is 19.5. The molecule has 0 amide bonds. The number of unbranched alkanes of at least 4 members (excludes halogenated alkanes) is 9. The third kappa shape index (κ3) is 32.4. The quantitative estimate of drug-likeness (QED) is 0.0238. The highest BCUT2D eigenvalue weighted by Crippen LogP contribution is 2.13. The van der Waals surface area contributed by atoms with Gasteiger partial charge in [0.15, 0.2) is 12.1 Å². The summed E-state index contributed by atoms with van der Waals surface area (Å²) in [5.74, 6) is -1.55. The molecule has 2 unspecified atom stereocenters. The molecule has 0 spiro atoms. The van der Waals surface area contributed by atoms with Crippen molar-refractivity contribution in [1.82, 2.24) is 0 Å². The van der Waals surface area contributed by atoms with Crippen LogP contribution < -0.4 is 0 Å². The van der Waals surface area contributed by atoms with E-state index in [2.05, 4.69) is 86.8 Å². The molecule has 0 aromatic heterocycles. The van der Waals surface area contributed by atoms with Gasteiger partial charge in [-0.25, -0.2) is 4.79 Å². The van der Waals surface area contributed by atoms with Crippen LogP contribution in [0.15, 0.2) is 72.9 Å². The number of allylic oxidation sites excluding steroid dienone is 12. The van der Waals surface area contributed by atoms with E-state index in [1.54, 1.807) is 0 Å². The number of carboxylic acids is 1. The Labute approximate surface area is 311 Å². The maximum atomic E-state index is 12.7. The summed E-state index contributed by atoms with van der Waals surface area (Å²) >= 11 is 0. The zero-order valence-corrected chi connectivity index (χ0v) is 32.8. The second kappa shape index (κ2) is 33.9. The van der Waals surface area contributed by atoms with Crippen LogP contribution in [0.5, 0.6) is 0 Å². The summed E-state index contributed by atoms with van der Waals surface area (Å²) in [6.45, 7) is 4.40. The summed E-state index contributed by atoms with van der Waals surface area (Å²) in [5, 5.41) is 9.59. The first-order chi connectivity index (χ1) is 24.6. The summed E-state index contributed by atoms with van der Waals surface area (Å²) in [5.41, 5.74) is 0. The number of carbonyl (C=O) groups excluding carboxylic acids is 2. The highest BCUT2D eigenvalue weighted by atomic mass is 16.6. The maximum Gasteiger partial charge on any atom is 0.362 e. The van der Waals surface area contributed by atoms with Crippen LogP contribution in [0.2, 0.25) is 0 Å². The van der Waals surface area contributed by atoms with Crippen LogP contribution in [0.25, 0.3) is 0 Å². The normalized spacial score (nSPS) is 13.8. The number of quaternary nitrogens is 1.